The van der Waals surface area contributed by atoms with Crippen molar-refractivity contribution < 1.29 is 18.3 Å². The molecule has 0 fully saturated rings. The lowest BCUT2D eigenvalue weighted by atomic mass is 9.85. The molecule has 0 radical (unpaired) electrons. The van der Waals surface area contributed by atoms with Crippen molar-refractivity contribution in [2.45, 2.75) is 39.8 Å². The molecular formula is C14H20F3NO. The van der Waals surface area contributed by atoms with Crippen LogP contribution in [0.15, 0.2) is 12.1 Å². The van der Waals surface area contributed by atoms with E-state index in [1.165, 1.54) is 0 Å². The summed E-state index contributed by atoms with van der Waals surface area (Å²) in [4.78, 5) is 0. The van der Waals surface area contributed by atoms with E-state index in [0.717, 1.165) is 6.07 Å². The molecule has 1 aromatic rings. The third-order valence-corrected chi connectivity index (χ3v) is 3.09. The third-order valence-electron chi connectivity index (χ3n) is 3.09. The summed E-state index contributed by atoms with van der Waals surface area (Å²) in [7, 11) is 0. The predicted octanol–water partition coefficient (Wildman–Crippen LogP) is 2.99. The first kappa shape index (κ1) is 16.0. The molecule has 0 heterocycles. The third kappa shape index (κ3) is 4.51. The van der Waals surface area contributed by atoms with Gasteiger partial charge in [-0.25, -0.2) is 13.2 Å². The second kappa shape index (κ2) is 6.39. The van der Waals surface area contributed by atoms with Gasteiger partial charge in [-0.2, -0.15) is 0 Å². The normalized spacial score (nSPS) is 13.6. The Labute approximate surface area is 111 Å². The molecule has 0 aliphatic rings. The van der Waals surface area contributed by atoms with E-state index >= 15 is 0 Å². The van der Waals surface area contributed by atoms with E-state index < -0.39 is 17.5 Å². The Hall–Kier alpha value is -1.07. The van der Waals surface area contributed by atoms with E-state index in [9.17, 15) is 13.2 Å². The second-order valence-electron chi connectivity index (χ2n) is 5.67. The number of benzene rings is 1. The van der Waals surface area contributed by atoms with Crippen LogP contribution in [0.25, 0.3) is 0 Å². The number of hydrogen-bond acceptors (Lipinski definition) is 2. The fourth-order valence-corrected chi connectivity index (χ4v) is 1.90. The van der Waals surface area contributed by atoms with Gasteiger partial charge in [-0.1, -0.05) is 20.8 Å². The van der Waals surface area contributed by atoms with Crippen LogP contribution in [0.5, 0.6) is 0 Å². The average molecular weight is 275 g/mol. The number of rotatable bonds is 5. The van der Waals surface area contributed by atoms with Gasteiger partial charge < -0.3 is 10.4 Å². The molecular weight excluding hydrogens is 255 g/mol. The molecule has 1 unspecified atom stereocenters. The average Bonchev–Trinajstić information content (AvgIpc) is 2.29. The molecule has 1 aromatic carbocycles. The Balaban J connectivity index is 2.77. The van der Waals surface area contributed by atoms with E-state index in [4.69, 9.17) is 5.11 Å². The molecule has 19 heavy (non-hydrogen) atoms. The number of aliphatic hydroxyl groups is 1. The van der Waals surface area contributed by atoms with Crippen molar-refractivity contribution in [3.63, 3.8) is 0 Å². The molecule has 0 spiro atoms. The summed E-state index contributed by atoms with van der Waals surface area (Å²) in [6.07, 6.45) is 0.509. The lowest BCUT2D eigenvalue weighted by Gasteiger charge is -2.31. The maximum atomic E-state index is 13.5. The van der Waals surface area contributed by atoms with E-state index in [2.05, 4.69) is 5.32 Å². The van der Waals surface area contributed by atoms with Gasteiger partial charge in [0.15, 0.2) is 11.6 Å². The summed E-state index contributed by atoms with van der Waals surface area (Å²) in [6, 6.07) is 1.35. The number of hydrogen-bond donors (Lipinski definition) is 2. The predicted molar refractivity (Wildman–Crippen MR) is 68.1 cm³/mol. The van der Waals surface area contributed by atoms with E-state index in [1.807, 2.05) is 20.8 Å². The maximum Gasteiger partial charge on any atom is 0.161 e. The molecule has 2 nitrogen and oxygen atoms in total. The Bertz CT molecular complexity index is 429. The first-order chi connectivity index (χ1) is 8.75. The fraction of sp³-hybridized carbons (Fsp3) is 0.571. The van der Waals surface area contributed by atoms with Crippen molar-refractivity contribution in [1.82, 2.24) is 5.32 Å². The van der Waals surface area contributed by atoms with Crippen molar-refractivity contribution in [3.8, 4) is 0 Å². The van der Waals surface area contributed by atoms with Crippen molar-refractivity contribution in [2.75, 3.05) is 6.61 Å². The SMILES string of the molecule is CC(C)(C)C(CCO)NCc1cc(F)c(F)cc1F. The Morgan fingerprint density at radius 3 is 2.21 bits per heavy atom. The highest BCUT2D eigenvalue weighted by molar-refractivity contribution is 5.20. The highest BCUT2D eigenvalue weighted by atomic mass is 19.2. The second-order valence-corrected chi connectivity index (χ2v) is 5.67. The topological polar surface area (TPSA) is 32.3 Å². The molecule has 1 atom stereocenters. The van der Waals surface area contributed by atoms with Crippen molar-refractivity contribution in [1.29, 1.82) is 0 Å². The Morgan fingerprint density at radius 1 is 1.11 bits per heavy atom. The molecule has 0 aliphatic heterocycles. The van der Waals surface area contributed by atoms with Crippen molar-refractivity contribution in [2.24, 2.45) is 5.41 Å². The molecule has 0 bridgehead atoms. The van der Waals surface area contributed by atoms with E-state index in [0.29, 0.717) is 12.5 Å². The van der Waals surface area contributed by atoms with Crippen LogP contribution in [0.1, 0.15) is 32.8 Å². The molecule has 5 heteroatoms. The molecule has 0 aromatic heterocycles. The summed E-state index contributed by atoms with van der Waals surface area (Å²) < 4.78 is 39.3. The van der Waals surface area contributed by atoms with Crippen molar-refractivity contribution in [3.05, 3.63) is 35.1 Å². The Kier molecular flexibility index (Phi) is 5.38. The molecule has 1 rings (SSSR count). The van der Waals surface area contributed by atoms with Gasteiger partial charge in [0.05, 0.1) is 0 Å². The molecule has 0 amide bonds. The number of halogens is 3. The van der Waals surface area contributed by atoms with Crippen LogP contribution in [0, 0.1) is 22.9 Å². The first-order valence-corrected chi connectivity index (χ1v) is 6.23. The molecule has 0 aliphatic carbocycles. The van der Waals surface area contributed by atoms with Crippen LogP contribution in [0.2, 0.25) is 0 Å². The minimum absolute atomic E-state index is 0.00912. The summed E-state index contributed by atoms with van der Waals surface area (Å²) in [6.45, 7) is 6.06. The zero-order valence-corrected chi connectivity index (χ0v) is 11.4. The van der Waals surface area contributed by atoms with Crippen LogP contribution in [-0.4, -0.2) is 17.8 Å². The first-order valence-electron chi connectivity index (χ1n) is 6.23. The van der Waals surface area contributed by atoms with Gasteiger partial charge in [0.25, 0.3) is 0 Å². The summed E-state index contributed by atoms with van der Waals surface area (Å²) in [5, 5.41) is 12.1. The largest absolute Gasteiger partial charge is 0.396 e. The van der Waals surface area contributed by atoms with Gasteiger partial charge in [0.2, 0.25) is 0 Å². The number of nitrogens with one attached hydrogen (secondary N) is 1. The monoisotopic (exact) mass is 275 g/mol. The quantitative estimate of drug-likeness (QED) is 0.810. The number of aliphatic hydroxyl groups excluding tert-OH is 1. The maximum absolute atomic E-state index is 13.5. The Morgan fingerprint density at radius 2 is 1.68 bits per heavy atom. The highest BCUT2D eigenvalue weighted by Gasteiger charge is 2.24. The molecule has 2 N–H and O–H groups in total. The van der Waals surface area contributed by atoms with Crippen LogP contribution in [-0.2, 0) is 6.54 Å². The zero-order valence-electron chi connectivity index (χ0n) is 11.4. The molecule has 0 saturated carbocycles. The van der Waals surface area contributed by atoms with Crippen LogP contribution in [0.3, 0.4) is 0 Å². The lowest BCUT2D eigenvalue weighted by Crippen LogP contribution is -2.40. The van der Waals surface area contributed by atoms with E-state index in [-0.39, 0.29) is 30.2 Å². The van der Waals surface area contributed by atoms with Gasteiger partial charge in [0.1, 0.15) is 5.82 Å². The minimum Gasteiger partial charge on any atom is -0.396 e. The standard InChI is InChI=1S/C14H20F3NO/c1-14(2,3)13(4-5-19)18-8-9-6-11(16)12(17)7-10(9)15/h6-7,13,18-19H,4-5,8H2,1-3H3. The van der Waals surface area contributed by atoms with Gasteiger partial charge in [-0.15, -0.1) is 0 Å². The molecule has 0 saturated heterocycles. The highest BCUT2D eigenvalue weighted by Crippen LogP contribution is 2.22. The minimum atomic E-state index is -1.19. The smallest absolute Gasteiger partial charge is 0.161 e. The van der Waals surface area contributed by atoms with Crippen molar-refractivity contribution >= 4 is 0 Å². The van der Waals surface area contributed by atoms with Gasteiger partial charge >= 0.3 is 0 Å². The summed E-state index contributed by atoms with van der Waals surface area (Å²) in [5.41, 5.74) is -0.0521. The van der Waals surface area contributed by atoms with E-state index in [1.54, 1.807) is 0 Å². The van der Waals surface area contributed by atoms with Crippen LogP contribution >= 0.6 is 0 Å². The lowest BCUT2D eigenvalue weighted by molar-refractivity contribution is 0.196. The zero-order chi connectivity index (χ0) is 14.6. The fourth-order valence-electron chi connectivity index (χ4n) is 1.90. The van der Waals surface area contributed by atoms with Crippen LogP contribution < -0.4 is 5.32 Å². The summed E-state index contributed by atoms with van der Waals surface area (Å²) in [5.74, 6) is -3.03. The summed E-state index contributed by atoms with van der Waals surface area (Å²) >= 11 is 0. The molecule has 108 valence electrons. The van der Waals surface area contributed by atoms with Gasteiger partial charge in [0, 0.05) is 30.8 Å². The van der Waals surface area contributed by atoms with Gasteiger partial charge in [-0.05, 0) is 17.9 Å². The van der Waals surface area contributed by atoms with Gasteiger partial charge in [-0.3, -0.25) is 0 Å². The van der Waals surface area contributed by atoms with Crippen LogP contribution in [0.4, 0.5) is 13.2 Å².